The predicted octanol–water partition coefficient (Wildman–Crippen LogP) is 0.580. The predicted molar refractivity (Wildman–Crippen MR) is 71.4 cm³/mol. The summed E-state index contributed by atoms with van der Waals surface area (Å²) in [6.07, 6.45) is 0. The first-order valence-electron chi connectivity index (χ1n) is 5.93. The van der Waals surface area contributed by atoms with Gasteiger partial charge in [0, 0.05) is 13.1 Å². The number of nitrogens with zero attached hydrogens (tertiary/aromatic N) is 4. The third kappa shape index (κ3) is 3.98. The molecule has 1 aromatic carbocycles. The molecule has 1 aromatic rings. The van der Waals surface area contributed by atoms with Gasteiger partial charge in [0.25, 0.3) is 0 Å². The minimum Gasteiger partial charge on any atom is -0.303 e. The highest BCUT2D eigenvalue weighted by Crippen LogP contribution is 2.16. The first kappa shape index (κ1) is 13.9. The molecular formula is C11H17N5O2S. The maximum atomic E-state index is 11.1. The van der Waals surface area contributed by atoms with Gasteiger partial charge in [-0.1, -0.05) is 5.22 Å². The van der Waals surface area contributed by atoms with Gasteiger partial charge < -0.3 is 4.90 Å². The summed E-state index contributed by atoms with van der Waals surface area (Å²) < 4.78 is 22.2. The molecule has 104 valence electrons. The summed E-state index contributed by atoms with van der Waals surface area (Å²) in [6.45, 7) is 3.61. The van der Waals surface area contributed by atoms with Crippen LogP contribution in [0.5, 0.6) is 0 Å². The van der Waals surface area contributed by atoms with Crippen LogP contribution in [0.3, 0.4) is 0 Å². The van der Waals surface area contributed by atoms with E-state index in [0.717, 1.165) is 26.2 Å². The second-order valence-electron chi connectivity index (χ2n) is 4.49. The van der Waals surface area contributed by atoms with E-state index in [1.54, 1.807) is 12.1 Å². The molecule has 1 heterocycles. The first-order chi connectivity index (χ1) is 8.95. The molecule has 0 saturated carbocycles. The highest BCUT2D eigenvalue weighted by Gasteiger charge is 2.11. The van der Waals surface area contributed by atoms with Gasteiger partial charge in [-0.15, -0.1) is 5.11 Å². The van der Waals surface area contributed by atoms with Gasteiger partial charge in [0.05, 0.1) is 23.7 Å². The van der Waals surface area contributed by atoms with Crippen molar-refractivity contribution < 1.29 is 8.42 Å². The van der Waals surface area contributed by atoms with E-state index in [4.69, 9.17) is 5.14 Å². The van der Waals surface area contributed by atoms with E-state index < -0.39 is 10.0 Å². The third-order valence-electron chi connectivity index (χ3n) is 2.93. The molecule has 19 heavy (non-hydrogen) atoms. The Morgan fingerprint density at radius 3 is 2.21 bits per heavy atom. The Morgan fingerprint density at radius 2 is 1.68 bits per heavy atom. The second kappa shape index (κ2) is 5.64. The lowest BCUT2D eigenvalue weighted by atomic mass is 10.3. The Hall–Kier alpha value is -1.51. The number of hydrogen-bond donors (Lipinski definition) is 1. The van der Waals surface area contributed by atoms with Crippen molar-refractivity contribution in [2.75, 3.05) is 33.2 Å². The number of hydrogen-bond acceptors (Lipinski definition) is 5. The summed E-state index contributed by atoms with van der Waals surface area (Å²) in [5.74, 6) is 0. The van der Waals surface area contributed by atoms with Crippen molar-refractivity contribution in [2.24, 2.45) is 15.5 Å². The quantitative estimate of drug-likeness (QED) is 0.821. The van der Waals surface area contributed by atoms with E-state index in [1.807, 2.05) is 5.01 Å². The largest absolute Gasteiger partial charge is 0.303 e. The molecule has 0 bridgehead atoms. The lowest BCUT2D eigenvalue weighted by molar-refractivity contribution is 0.150. The Balaban J connectivity index is 2.00. The fourth-order valence-electron chi connectivity index (χ4n) is 1.70. The van der Waals surface area contributed by atoms with Crippen molar-refractivity contribution in [1.82, 2.24) is 9.91 Å². The van der Waals surface area contributed by atoms with Crippen molar-refractivity contribution in [3.63, 3.8) is 0 Å². The topological polar surface area (TPSA) is 91.4 Å². The Morgan fingerprint density at radius 1 is 1.11 bits per heavy atom. The van der Waals surface area contributed by atoms with Gasteiger partial charge in [-0.05, 0) is 31.3 Å². The molecule has 2 N–H and O–H groups in total. The van der Waals surface area contributed by atoms with Crippen molar-refractivity contribution in [1.29, 1.82) is 0 Å². The van der Waals surface area contributed by atoms with Crippen LogP contribution in [0.1, 0.15) is 0 Å². The van der Waals surface area contributed by atoms with Gasteiger partial charge in [0.15, 0.2) is 0 Å². The van der Waals surface area contributed by atoms with Gasteiger partial charge >= 0.3 is 0 Å². The average molecular weight is 283 g/mol. The smallest absolute Gasteiger partial charge is 0.238 e. The normalized spacial score (nSPS) is 18.1. The molecule has 0 aromatic heterocycles. The standard InChI is InChI=1S/C11H17N5O2S/c1-15-6-8-16(9-7-15)14-13-10-2-4-11(5-3-10)19(12,17)18/h2-5H,6-9H2,1H3,(H2,12,17,18). The molecule has 2 rings (SSSR count). The van der Waals surface area contributed by atoms with Gasteiger partial charge in [-0.2, -0.15) is 0 Å². The number of piperazine rings is 1. The van der Waals surface area contributed by atoms with Crippen molar-refractivity contribution in [3.8, 4) is 0 Å². The zero-order chi connectivity index (χ0) is 13.9. The molecule has 0 atom stereocenters. The van der Waals surface area contributed by atoms with E-state index in [1.165, 1.54) is 12.1 Å². The molecule has 7 nitrogen and oxygen atoms in total. The van der Waals surface area contributed by atoms with Crippen LogP contribution in [0, 0.1) is 0 Å². The number of primary sulfonamides is 1. The van der Waals surface area contributed by atoms with Crippen molar-refractivity contribution in [3.05, 3.63) is 24.3 Å². The maximum Gasteiger partial charge on any atom is 0.238 e. The molecule has 1 aliphatic rings. The van der Waals surface area contributed by atoms with Crippen LogP contribution in [0.15, 0.2) is 39.5 Å². The van der Waals surface area contributed by atoms with E-state index in [0.29, 0.717) is 5.69 Å². The SMILES string of the molecule is CN1CCN(N=Nc2ccc(S(N)(=O)=O)cc2)CC1. The summed E-state index contributed by atoms with van der Waals surface area (Å²) in [4.78, 5) is 2.30. The Kier molecular flexibility index (Phi) is 4.13. The highest BCUT2D eigenvalue weighted by molar-refractivity contribution is 7.89. The highest BCUT2D eigenvalue weighted by atomic mass is 32.2. The summed E-state index contributed by atoms with van der Waals surface area (Å²) in [5.41, 5.74) is 0.603. The van der Waals surface area contributed by atoms with E-state index >= 15 is 0 Å². The van der Waals surface area contributed by atoms with Crippen molar-refractivity contribution >= 4 is 15.7 Å². The Labute approximate surface area is 112 Å². The summed E-state index contributed by atoms with van der Waals surface area (Å²) >= 11 is 0. The molecule has 1 fully saturated rings. The van der Waals surface area contributed by atoms with Crippen LogP contribution in [0.25, 0.3) is 0 Å². The van der Waals surface area contributed by atoms with Crippen LogP contribution >= 0.6 is 0 Å². The minimum atomic E-state index is -3.65. The Bertz CT molecular complexity index is 547. The fraction of sp³-hybridized carbons (Fsp3) is 0.455. The van der Waals surface area contributed by atoms with Gasteiger partial charge in [-0.3, -0.25) is 5.01 Å². The molecule has 0 unspecified atom stereocenters. The minimum absolute atomic E-state index is 0.0750. The van der Waals surface area contributed by atoms with Gasteiger partial charge in [0.1, 0.15) is 0 Å². The van der Waals surface area contributed by atoms with Crippen LogP contribution in [0.2, 0.25) is 0 Å². The van der Waals surface area contributed by atoms with Crippen LogP contribution < -0.4 is 5.14 Å². The zero-order valence-corrected chi connectivity index (χ0v) is 11.5. The molecular weight excluding hydrogens is 266 g/mol. The van der Waals surface area contributed by atoms with Crippen LogP contribution in [-0.4, -0.2) is 51.6 Å². The molecule has 1 aliphatic heterocycles. The lowest BCUT2D eigenvalue weighted by Crippen LogP contribution is -2.41. The second-order valence-corrected chi connectivity index (χ2v) is 6.05. The number of sulfonamides is 1. The first-order valence-corrected chi connectivity index (χ1v) is 7.48. The summed E-state index contributed by atoms with van der Waals surface area (Å²) in [7, 11) is -1.58. The van der Waals surface area contributed by atoms with E-state index in [9.17, 15) is 8.42 Å². The molecule has 1 saturated heterocycles. The average Bonchev–Trinajstić information content (AvgIpc) is 2.37. The summed E-state index contributed by atoms with van der Waals surface area (Å²) in [6, 6.07) is 6.01. The van der Waals surface area contributed by atoms with Gasteiger partial charge in [-0.25, -0.2) is 13.6 Å². The van der Waals surface area contributed by atoms with Gasteiger partial charge in [0.2, 0.25) is 10.0 Å². The third-order valence-corrected chi connectivity index (χ3v) is 3.86. The molecule has 8 heteroatoms. The van der Waals surface area contributed by atoms with Crippen LogP contribution in [0.4, 0.5) is 5.69 Å². The maximum absolute atomic E-state index is 11.1. The number of likely N-dealkylation sites (N-methyl/N-ethyl adjacent to an activating group) is 1. The van der Waals surface area contributed by atoms with E-state index in [-0.39, 0.29) is 4.90 Å². The molecule has 0 spiro atoms. The van der Waals surface area contributed by atoms with E-state index in [2.05, 4.69) is 22.3 Å². The molecule has 0 amide bonds. The molecule has 0 aliphatic carbocycles. The summed E-state index contributed by atoms with van der Waals surface area (Å²) in [5, 5.41) is 15.1. The number of rotatable bonds is 3. The monoisotopic (exact) mass is 283 g/mol. The van der Waals surface area contributed by atoms with Crippen molar-refractivity contribution in [2.45, 2.75) is 4.90 Å². The fourth-order valence-corrected chi connectivity index (χ4v) is 2.22. The number of benzene rings is 1. The lowest BCUT2D eigenvalue weighted by Gasteiger charge is -2.29. The molecule has 0 radical (unpaired) electrons. The zero-order valence-electron chi connectivity index (χ0n) is 10.7. The van der Waals surface area contributed by atoms with Crippen LogP contribution in [-0.2, 0) is 10.0 Å². The number of nitrogens with two attached hydrogens (primary N) is 1.